The van der Waals surface area contributed by atoms with Gasteiger partial charge in [0.1, 0.15) is 16.8 Å². The number of phenols is 1. The Balaban J connectivity index is 0.000000509. The van der Waals surface area contributed by atoms with E-state index >= 15 is 0 Å². The van der Waals surface area contributed by atoms with Crippen LogP contribution in [0.15, 0.2) is 59.6 Å². The Morgan fingerprint density at radius 3 is 2.32 bits per heavy atom. The van der Waals surface area contributed by atoms with E-state index < -0.39 is 18.2 Å². The highest BCUT2D eigenvalue weighted by atomic mass is 32.2. The van der Waals surface area contributed by atoms with Gasteiger partial charge in [-0.1, -0.05) is 30.3 Å². The van der Waals surface area contributed by atoms with Crippen molar-refractivity contribution >= 4 is 34.6 Å². The summed E-state index contributed by atoms with van der Waals surface area (Å²) in [5.41, 5.74) is 2.94. The molecule has 3 N–H and O–H groups in total. The summed E-state index contributed by atoms with van der Waals surface area (Å²) in [6.45, 7) is 0.506. The number of esters is 1. The second-order valence-corrected chi connectivity index (χ2v) is 7.77. The molecule has 0 bridgehead atoms. The van der Waals surface area contributed by atoms with E-state index in [2.05, 4.69) is 11.4 Å². The van der Waals surface area contributed by atoms with Gasteiger partial charge in [-0.25, -0.2) is 9.78 Å². The molecule has 1 heterocycles. The number of methoxy groups -OCH3 is 1. The lowest BCUT2D eigenvalue weighted by Crippen LogP contribution is -2.39. The van der Waals surface area contributed by atoms with Crippen LogP contribution in [0.5, 0.6) is 5.75 Å². The zero-order valence-electron chi connectivity index (χ0n) is 18.3. The van der Waals surface area contributed by atoms with Crippen molar-refractivity contribution in [1.29, 1.82) is 0 Å². The first-order chi connectivity index (χ1) is 16.0. The lowest BCUT2D eigenvalue weighted by molar-refractivity contribution is -0.192. The number of para-hydroxylation sites is 1. The second-order valence-electron chi connectivity index (χ2n) is 6.98. The molecule has 1 aromatic heterocycles. The summed E-state index contributed by atoms with van der Waals surface area (Å²) in [6.07, 6.45) is -2.61. The number of rotatable bonds is 7. The molecule has 0 saturated heterocycles. The van der Waals surface area contributed by atoms with Crippen molar-refractivity contribution in [3.05, 3.63) is 65.7 Å². The normalized spacial score (nSPS) is 11.9. The number of benzene rings is 2. The molecule has 0 fully saturated rings. The third-order valence-electron chi connectivity index (χ3n) is 4.60. The molecule has 2 aromatic carbocycles. The smallest absolute Gasteiger partial charge is 0.490 e. The molecule has 3 aromatic rings. The van der Waals surface area contributed by atoms with Crippen LogP contribution in [0.4, 0.5) is 13.2 Å². The number of aliphatic carboxylic acids is 1. The monoisotopic (exact) mass is 496 g/mol. The third-order valence-corrected chi connectivity index (χ3v) is 5.34. The number of nitrogens with zero attached hydrogens (tertiary/aromatic N) is 1. The third kappa shape index (κ3) is 7.92. The minimum Gasteiger partial charge on any atom is -0.508 e. The zero-order chi connectivity index (χ0) is 25.3. The van der Waals surface area contributed by atoms with Gasteiger partial charge in [0.25, 0.3) is 0 Å². The van der Waals surface area contributed by atoms with Crippen molar-refractivity contribution in [3.63, 3.8) is 0 Å². The lowest BCUT2D eigenvalue weighted by Gasteiger charge is -2.18. The number of alkyl halides is 3. The quantitative estimate of drug-likeness (QED) is 0.330. The number of phenolic OH excluding ortho intramolecular Hbond substituents is 1. The second kappa shape index (κ2) is 12.2. The molecule has 0 amide bonds. The minimum absolute atomic E-state index is 0.202. The maximum atomic E-state index is 12.2. The molecule has 0 aliphatic rings. The van der Waals surface area contributed by atoms with E-state index in [9.17, 15) is 23.1 Å². The molecule has 0 radical (unpaired) electrons. The average Bonchev–Trinajstić information content (AvgIpc) is 2.81. The number of fused-ring (bicyclic) bond motifs is 1. The van der Waals surface area contributed by atoms with Gasteiger partial charge in [0.2, 0.25) is 0 Å². The van der Waals surface area contributed by atoms with Gasteiger partial charge < -0.3 is 14.9 Å². The number of ether oxygens (including phenoxy) is 1. The molecule has 0 aliphatic heterocycles. The first kappa shape index (κ1) is 26.9. The molecule has 0 spiro atoms. The molecule has 1 atom stereocenters. The van der Waals surface area contributed by atoms with E-state index in [1.807, 2.05) is 30.5 Å². The Bertz CT molecular complexity index is 1120. The Morgan fingerprint density at radius 2 is 1.76 bits per heavy atom. The maximum Gasteiger partial charge on any atom is 0.490 e. The summed E-state index contributed by atoms with van der Waals surface area (Å²) in [7, 11) is 1.39. The van der Waals surface area contributed by atoms with Gasteiger partial charge in [0.05, 0.1) is 12.6 Å². The molecule has 0 unspecified atom stereocenters. The van der Waals surface area contributed by atoms with Crippen LogP contribution in [0, 0.1) is 0 Å². The van der Waals surface area contributed by atoms with Crippen molar-refractivity contribution < 1.29 is 37.7 Å². The highest BCUT2D eigenvalue weighted by molar-refractivity contribution is 7.98. The molecule has 34 heavy (non-hydrogen) atoms. The van der Waals surface area contributed by atoms with Crippen LogP contribution in [-0.2, 0) is 27.3 Å². The van der Waals surface area contributed by atoms with E-state index in [-0.39, 0.29) is 11.7 Å². The van der Waals surface area contributed by atoms with E-state index in [0.29, 0.717) is 13.0 Å². The van der Waals surface area contributed by atoms with Crippen LogP contribution in [0.1, 0.15) is 11.1 Å². The van der Waals surface area contributed by atoms with Gasteiger partial charge in [-0.15, -0.1) is 11.8 Å². The van der Waals surface area contributed by atoms with Crippen molar-refractivity contribution in [2.45, 2.75) is 30.2 Å². The molecular weight excluding hydrogens is 473 g/mol. The summed E-state index contributed by atoms with van der Waals surface area (Å²) in [5, 5.41) is 21.9. The van der Waals surface area contributed by atoms with Crippen molar-refractivity contribution in [3.8, 4) is 5.75 Å². The number of hydrogen-bond donors (Lipinski definition) is 3. The number of carboxylic acid groups (broad SMARTS) is 1. The number of nitrogens with one attached hydrogen (secondary N) is 1. The molecule has 11 heteroatoms. The Hall–Kier alpha value is -3.31. The van der Waals surface area contributed by atoms with E-state index in [0.717, 1.165) is 27.1 Å². The van der Waals surface area contributed by atoms with Gasteiger partial charge >= 0.3 is 18.1 Å². The number of carbonyl (C=O) groups excluding carboxylic acids is 1. The van der Waals surface area contributed by atoms with Gasteiger partial charge in [0, 0.05) is 11.9 Å². The minimum atomic E-state index is -5.08. The number of thioether (sulfide) groups is 1. The lowest BCUT2D eigenvalue weighted by atomic mass is 10.1. The van der Waals surface area contributed by atoms with E-state index in [1.165, 1.54) is 7.11 Å². The van der Waals surface area contributed by atoms with E-state index in [1.54, 1.807) is 36.0 Å². The van der Waals surface area contributed by atoms with Crippen LogP contribution in [0.25, 0.3) is 10.9 Å². The summed E-state index contributed by atoms with van der Waals surface area (Å²) in [5.74, 6) is -2.87. The van der Waals surface area contributed by atoms with Crippen LogP contribution in [-0.4, -0.2) is 52.7 Å². The summed E-state index contributed by atoms with van der Waals surface area (Å²) in [6, 6.07) is 16.4. The van der Waals surface area contributed by atoms with E-state index in [4.69, 9.17) is 19.6 Å². The van der Waals surface area contributed by atoms with Crippen LogP contribution in [0.3, 0.4) is 0 Å². The predicted molar refractivity (Wildman–Crippen MR) is 122 cm³/mol. The van der Waals surface area contributed by atoms with Crippen LogP contribution in [0.2, 0.25) is 0 Å². The van der Waals surface area contributed by atoms with Gasteiger partial charge in [-0.05, 0) is 48.1 Å². The number of halogens is 3. The highest BCUT2D eigenvalue weighted by Gasteiger charge is 2.38. The van der Waals surface area contributed by atoms with Gasteiger partial charge in [-0.3, -0.25) is 10.1 Å². The topological polar surface area (TPSA) is 109 Å². The summed E-state index contributed by atoms with van der Waals surface area (Å²) >= 11 is 1.59. The largest absolute Gasteiger partial charge is 0.508 e. The highest BCUT2D eigenvalue weighted by Crippen LogP contribution is 2.23. The zero-order valence-corrected chi connectivity index (χ0v) is 19.1. The summed E-state index contributed by atoms with van der Waals surface area (Å²) < 4.78 is 36.7. The number of aromatic nitrogens is 1. The Kier molecular flexibility index (Phi) is 9.69. The number of pyridine rings is 1. The number of carbonyl (C=O) groups is 2. The Morgan fingerprint density at radius 1 is 1.15 bits per heavy atom. The van der Waals surface area contributed by atoms with Gasteiger partial charge in [-0.2, -0.15) is 13.2 Å². The first-order valence-electron chi connectivity index (χ1n) is 9.87. The van der Waals surface area contributed by atoms with Crippen molar-refractivity contribution in [2.24, 2.45) is 0 Å². The predicted octanol–water partition coefficient (Wildman–Crippen LogP) is 4.17. The van der Waals surface area contributed by atoms with Crippen molar-refractivity contribution in [2.75, 3.05) is 13.4 Å². The molecule has 0 saturated carbocycles. The molecule has 7 nitrogen and oxygen atoms in total. The first-order valence-corrected chi connectivity index (χ1v) is 11.1. The number of aromatic hydroxyl groups is 1. The SMILES string of the molecule is COC(=O)[C@H](Cc1ccc(O)cc1)NCc1cc2ccccc2nc1SC.O=C(O)C(F)(F)F. The standard InChI is InChI=1S/C21H22N2O3S.C2HF3O2/c1-26-21(25)19(11-14-7-9-17(24)10-8-14)22-13-16-12-15-5-3-4-6-18(15)23-20(16)27-2;3-2(4,5)1(6)7/h3-10,12,19,22,24H,11,13H2,1-2H3;(H,6,7)/t19-;/m0./s1. The maximum absolute atomic E-state index is 12.2. The fraction of sp³-hybridized carbons (Fsp3) is 0.261. The fourth-order valence-electron chi connectivity index (χ4n) is 2.93. The number of carboxylic acids is 1. The van der Waals surface area contributed by atoms with Crippen LogP contribution < -0.4 is 5.32 Å². The Labute approximate surface area is 198 Å². The van der Waals surface area contributed by atoms with Gasteiger partial charge in [0.15, 0.2) is 0 Å². The summed E-state index contributed by atoms with van der Waals surface area (Å²) in [4.78, 5) is 25.8. The van der Waals surface area contributed by atoms with Crippen LogP contribution >= 0.6 is 11.8 Å². The molecule has 0 aliphatic carbocycles. The number of hydrogen-bond acceptors (Lipinski definition) is 7. The molecule has 182 valence electrons. The fourth-order valence-corrected chi connectivity index (χ4v) is 3.51. The average molecular weight is 497 g/mol. The molecular formula is C23H23F3N2O5S. The molecule has 3 rings (SSSR count). The van der Waals surface area contributed by atoms with Crippen molar-refractivity contribution in [1.82, 2.24) is 10.3 Å².